The summed E-state index contributed by atoms with van der Waals surface area (Å²) in [5.41, 5.74) is 2.49. The number of aromatic nitrogens is 3. The van der Waals surface area contributed by atoms with Crippen molar-refractivity contribution < 1.29 is 18.8 Å². The van der Waals surface area contributed by atoms with E-state index in [0.717, 1.165) is 21.5 Å². The van der Waals surface area contributed by atoms with Gasteiger partial charge in [0.05, 0.1) is 44.2 Å². The molecule has 2 aliphatic carbocycles. The highest BCUT2D eigenvalue weighted by atomic mass is 16.3. The third-order valence-corrected chi connectivity index (χ3v) is 12.2. The number of rotatable bonds is 1. The van der Waals surface area contributed by atoms with Crippen molar-refractivity contribution in [3.05, 3.63) is 168 Å². The van der Waals surface area contributed by atoms with Crippen LogP contribution < -0.4 is 16.3 Å². The van der Waals surface area contributed by atoms with Gasteiger partial charge in [-0.15, -0.1) is 0 Å². The predicted octanol–water partition coefficient (Wildman–Crippen LogP) is 8.67. The van der Waals surface area contributed by atoms with Crippen LogP contribution in [0.3, 0.4) is 0 Å². The van der Waals surface area contributed by atoms with Crippen LogP contribution in [-0.4, -0.2) is 32.3 Å². The van der Waals surface area contributed by atoms with Crippen molar-refractivity contribution in [2.24, 2.45) is 0 Å². The SMILES string of the molecule is O=C1C2=C(C(=O)c3ccc(-c4nc5ccccc5o4)cc31)c1[nH]c3c(c1C(=O)C2)c1c2ccc4cc5cc(=O)ccc5cc4c2nc1c1c(=O)c2ccccc2c(=O)c31. The van der Waals surface area contributed by atoms with Crippen LogP contribution in [0.15, 0.2) is 134 Å². The molecule has 8 aromatic carbocycles. The molecule has 0 aliphatic heterocycles. The van der Waals surface area contributed by atoms with Gasteiger partial charge in [0.15, 0.2) is 39.2 Å². The van der Waals surface area contributed by atoms with Crippen molar-refractivity contribution in [3.63, 3.8) is 0 Å². The molecule has 10 heteroatoms. The van der Waals surface area contributed by atoms with Crippen molar-refractivity contribution in [1.82, 2.24) is 15.0 Å². The van der Waals surface area contributed by atoms with E-state index in [1.807, 2.05) is 42.5 Å². The zero-order valence-electron chi connectivity index (χ0n) is 30.4. The van der Waals surface area contributed by atoms with E-state index < -0.39 is 28.2 Å². The predicted molar refractivity (Wildman–Crippen MR) is 226 cm³/mol. The molecule has 13 rings (SSSR count). The van der Waals surface area contributed by atoms with Gasteiger partial charge >= 0.3 is 0 Å². The number of hydrogen-bond acceptors (Lipinski definition) is 9. The molecule has 274 valence electrons. The van der Waals surface area contributed by atoms with Crippen molar-refractivity contribution in [1.29, 1.82) is 0 Å². The van der Waals surface area contributed by atoms with E-state index in [0.29, 0.717) is 38.3 Å². The number of aromatic amines is 1. The highest BCUT2D eigenvalue weighted by Crippen LogP contribution is 2.48. The fourth-order valence-corrected chi connectivity index (χ4v) is 9.62. The summed E-state index contributed by atoms with van der Waals surface area (Å²) in [6.45, 7) is 0. The summed E-state index contributed by atoms with van der Waals surface area (Å²) in [5, 5.41) is 5.23. The number of nitrogens with one attached hydrogen (secondary N) is 1. The van der Waals surface area contributed by atoms with E-state index in [1.165, 1.54) is 6.07 Å². The molecule has 3 heterocycles. The molecule has 11 aromatic rings. The van der Waals surface area contributed by atoms with Crippen LogP contribution in [0.1, 0.15) is 43.2 Å². The molecule has 0 radical (unpaired) electrons. The second-order valence-electron chi connectivity index (χ2n) is 15.3. The second-order valence-corrected chi connectivity index (χ2v) is 15.3. The van der Waals surface area contributed by atoms with Crippen molar-refractivity contribution in [2.75, 3.05) is 0 Å². The maximum absolute atomic E-state index is 14.7. The standard InChI is InChI=1S/C49H21N3O7/c53-24-12-9-20-17-29-21(15-23(20)16-24)10-14-28-35-38-37-33(54)19-31-36(46(56)27-13-11-22(18-30(27)45(31)55)49-50-32-7-3-4-8-34(32)59-49)43(37)52-44(38)40-39(42(35)51-41(28)29)47(57)25-5-1-2-6-26(25)48(40)58/h1-18,52H,19H2. The Balaban J connectivity index is 1.13. The maximum atomic E-state index is 14.7. The van der Waals surface area contributed by atoms with E-state index >= 15 is 0 Å². The molecule has 0 amide bonds. The van der Waals surface area contributed by atoms with Gasteiger partial charge in [0, 0.05) is 61.0 Å². The number of para-hydroxylation sites is 2. The Morgan fingerprint density at radius 1 is 0.559 bits per heavy atom. The summed E-state index contributed by atoms with van der Waals surface area (Å²) < 4.78 is 5.95. The molecular formula is C49H21N3O7. The molecule has 0 saturated carbocycles. The number of ketones is 3. The number of allylic oxidation sites excluding steroid dienone is 2. The first-order valence-corrected chi connectivity index (χ1v) is 18.9. The average molecular weight is 764 g/mol. The highest BCUT2D eigenvalue weighted by Gasteiger charge is 2.42. The smallest absolute Gasteiger partial charge is 0.227 e. The summed E-state index contributed by atoms with van der Waals surface area (Å²) in [4.78, 5) is 98.1. The van der Waals surface area contributed by atoms with E-state index in [9.17, 15) is 28.8 Å². The zero-order chi connectivity index (χ0) is 39.6. The molecule has 0 bridgehead atoms. The topological polar surface area (TPSA) is 157 Å². The minimum atomic E-state index is -0.471. The molecule has 0 unspecified atom stereocenters. The average Bonchev–Trinajstić information content (AvgIpc) is 3.98. The van der Waals surface area contributed by atoms with E-state index in [2.05, 4.69) is 9.97 Å². The number of H-pyrrole nitrogens is 1. The van der Waals surface area contributed by atoms with Gasteiger partial charge in [-0.2, -0.15) is 0 Å². The Kier molecular flexibility index (Phi) is 5.83. The van der Waals surface area contributed by atoms with Crippen LogP contribution in [0.5, 0.6) is 0 Å². The van der Waals surface area contributed by atoms with Gasteiger partial charge in [-0.05, 0) is 70.8 Å². The van der Waals surface area contributed by atoms with Crippen LogP contribution >= 0.6 is 0 Å². The van der Waals surface area contributed by atoms with Crippen LogP contribution in [0.4, 0.5) is 0 Å². The molecule has 1 N–H and O–H groups in total. The first-order valence-electron chi connectivity index (χ1n) is 18.9. The molecule has 10 nitrogen and oxygen atoms in total. The number of nitrogens with zero attached hydrogens (tertiary/aromatic N) is 2. The van der Waals surface area contributed by atoms with Crippen molar-refractivity contribution >= 4 is 110 Å². The minimum absolute atomic E-state index is 0.0451. The van der Waals surface area contributed by atoms with Gasteiger partial charge in [-0.25, -0.2) is 9.97 Å². The summed E-state index contributed by atoms with van der Waals surface area (Å²) in [5.74, 6) is -1.06. The van der Waals surface area contributed by atoms with Gasteiger partial charge in [-0.3, -0.25) is 28.8 Å². The number of hydrogen-bond donors (Lipinski definition) is 1. The summed E-state index contributed by atoms with van der Waals surface area (Å²) in [7, 11) is 0. The Morgan fingerprint density at radius 3 is 2.17 bits per heavy atom. The monoisotopic (exact) mass is 763 g/mol. The maximum Gasteiger partial charge on any atom is 0.227 e. The molecular weight excluding hydrogens is 743 g/mol. The number of oxazole rings is 1. The van der Waals surface area contributed by atoms with Crippen LogP contribution in [0, 0.1) is 0 Å². The first-order chi connectivity index (χ1) is 28.7. The van der Waals surface area contributed by atoms with Crippen LogP contribution in [0.2, 0.25) is 0 Å². The summed E-state index contributed by atoms with van der Waals surface area (Å²) in [6, 6.07) is 31.1. The first kappa shape index (κ1) is 31.9. The number of fused-ring (bicyclic) bond motifs is 17. The number of carbonyl (C=O) groups is 3. The van der Waals surface area contributed by atoms with Crippen LogP contribution in [-0.2, 0) is 0 Å². The molecule has 0 spiro atoms. The third-order valence-electron chi connectivity index (χ3n) is 12.2. The summed E-state index contributed by atoms with van der Waals surface area (Å²) in [6.07, 6.45) is -0.358. The van der Waals surface area contributed by atoms with Crippen molar-refractivity contribution in [3.8, 4) is 11.5 Å². The van der Waals surface area contributed by atoms with Gasteiger partial charge in [0.25, 0.3) is 0 Å². The minimum Gasteiger partial charge on any atom is -0.436 e. The fraction of sp³-hybridized carbons (Fsp3) is 0.0204. The molecule has 0 atom stereocenters. The molecule has 2 aliphatic rings. The lowest BCUT2D eigenvalue weighted by Crippen LogP contribution is -2.27. The van der Waals surface area contributed by atoms with Gasteiger partial charge < -0.3 is 9.40 Å². The molecule has 0 fully saturated rings. The highest BCUT2D eigenvalue weighted by molar-refractivity contribution is 6.46. The lowest BCUT2D eigenvalue weighted by molar-refractivity contribution is 0.0947. The lowest BCUT2D eigenvalue weighted by Gasteiger charge is -2.24. The normalized spacial score (nSPS) is 14.3. The fourth-order valence-electron chi connectivity index (χ4n) is 9.62. The van der Waals surface area contributed by atoms with Gasteiger partial charge in [-0.1, -0.05) is 54.6 Å². The molecule has 3 aromatic heterocycles. The number of carbonyl (C=O) groups excluding carboxylic acids is 3. The van der Waals surface area contributed by atoms with E-state index in [4.69, 9.17) is 9.40 Å². The quantitative estimate of drug-likeness (QED) is 0.162. The number of benzene rings is 8. The Bertz CT molecular complexity index is 4090. The second kappa shape index (κ2) is 10.8. The van der Waals surface area contributed by atoms with E-state index in [1.54, 1.807) is 60.7 Å². The zero-order valence-corrected chi connectivity index (χ0v) is 30.4. The van der Waals surface area contributed by atoms with E-state index in [-0.39, 0.29) is 83.8 Å². The van der Waals surface area contributed by atoms with Gasteiger partial charge in [0.2, 0.25) is 5.89 Å². The van der Waals surface area contributed by atoms with Gasteiger partial charge in [0.1, 0.15) is 5.52 Å². The Morgan fingerprint density at radius 2 is 1.34 bits per heavy atom. The van der Waals surface area contributed by atoms with Crippen molar-refractivity contribution in [2.45, 2.75) is 6.42 Å². The lowest BCUT2D eigenvalue weighted by atomic mass is 9.75. The largest absolute Gasteiger partial charge is 0.436 e. The Hall–Kier alpha value is -8.24. The summed E-state index contributed by atoms with van der Waals surface area (Å²) >= 11 is 0. The number of Topliss-reactive ketones (excluding diaryl/α,β-unsaturated/α-hetero) is 3. The molecule has 59 heavy (non-hydrogen) atoms. The molecule has 0 saturated heterocycles. The Labute approximate surface area is 328 Å². The third kappa shape index (κ3) is 3.99. The van der Waals surface area contributed by atoms with Crippen LogP contribution in [0.25, 0.3) is 104 Å².